The number of rotatable bonds is 1. The topological polar surface area (TPSA) is 59.1 Å². The molecule has 0 aliphatic heterocycles. The Kier molecular flexibility index (Phi) is 2.25. The third-order valence-electron chi connectivity index (χ3n) is 2.77. The fourth-order valence-electron chi connectivity index (χ4n) is 1.99. The number of aliphatic hydroxyl groups is 1. The molecule has 4 heteroatoms. The lowest BCUT2D eigenvalue weighted by atomic mass is 9.93. The fourth-order valence-corrected chi connectivity index (χ4v) is 1.99. The molecule has 1 fully saturated rings. The van der Waals surface area contributed by atoms with E-state index in [-0.39, 0.29) is 6.04 Å². The summed E-state index contributed by atoms with van der Waals surface area (Å²) in [5.41, 5.74) is 5.27. The standard InChI is InChI=1S/C10H13FN2O/c11-8-3-7(5-13-6-8)10(14)2-1-9(12)4-10/h3,5-6,9,14H,1-2,4,12H2. The van der Waals surface area contributed by atoms with Gasteiger partial charge in [-0.25, -0.2) is 4.39 Å². The molecule has 3 nitrogen and oxygen atoms in total. The van der Waals surface area contributed by atoms with Gasteiger partial charge in [0, 0.05) is 17.8 Å². The van der Waals surface area contributed by atoms with E-state index in [4.69, 9.17) is 5.73 Å². The number of aromatic nitrogens is 1. The number of nitrogens with zero attached hydrogens (tertiary/aromatic N) is 1. The number of hydrogen-bond acceptors (Lipinski definition) is 3. The van der Waals surface area contributed by atoms with Gasteiger partial charge in [0.2, 0.25) is 0 Å². The Labute approximate surface area is 81.8 Å². The SMILES string of the molecule is NC1CCC(O)(c2cncc(F)c2)C1. The zero-order valence-corrected chi connectivity index (χ0v) is 7.78. The highest BCUT2D eigenvalue weighted by Gasteiger charge is 2.37. The molecule has 2 rings (SSSR count). The summed E-state index contributed by atoms with van der Waals surface area (Å²) < 4.78 is 12.9. The van der Waals surface area contributed by atoms with Gasteiger partial charge in [-0.3, -0.25) is 4.98 Å². The molecule has 0 spiro atoms. The van der Waals surface area contributed by atoms with Crippen LogP contribution in [-0.4, -0.2) is 16.1 Å². The van der Waals surface area contributed by atoms with E-state index in [1.54, 1.807) is 0 Å². The first-order chi connectivity index (χ1) is 6.60. The largest absolute Gasteiger partial charge is 0.385 e. The molecule has 0 amide bonds. The highest BCUT2D eigenvalue weighted by molar-refractivity contribution is 5.21. The highest BCUT2D eigenvalue weighted by atomic mass is 19.1. The second-order valence-electron chi connectivity index (χ2n) is 3.93. The van der Waals surface area contributed by atoms with Crippen LogP contribution < -0.4 is 5.73 Å². The Morgan fingerprint density at radius 1 is 1.57 bits per heavy atom. The van der Waals surface area contributed by atoms with E-state index in [9.17, 15) is 9.50 Å². The number of hydrogen-bond donors (Lipinski definition) is 2. The van der Waals surface area contributed by atoms with E-state index in [1.807, 2.05) is 0 Å². The lowest BCUT2D eigenvalue weighted by Crippen LogP contribution is -2.25. The van der Waals surface area contributed by atoms with Gasteiger partial charge in [0.1, 0.15) is 5.82 Å². The fraction of sp³-hybridized carbons (Fsp3) is 0.500. The lowest BCUT2D eigenvalue weighted by molar-refractivity contribution is 0.0424. The van der Waals surface area contributed by atoms with Crippen LogP contribution in [0.4, 0.5) is 4.39 Å². The molecule has 1 heterocycles. The molecular formula is C10H13FN2O. The Hall–Kier alpha value is -1.00. The van der Waals surface area contributed by atoms with Gasteiger partial charge < -0.3 is 10.8 Å². The summed E-state index contributed by atoms with van der Waals surface area (Å²) in [7, 11) is 0. The third kappa shape index (κ3) is 1.63. The van der Waals surface area contributed by atoms with Gasteiger partial charge in [0.15, 0.2) is 0 Å². The van der Waals surface area contributed by atoms with Crippen molar-refractivity contribution in [2.24, 2.45) is 5.73 Å². The predicted octanol–water partition coefficient (Wildman–Crippen LogP) is 0.919. The van der Waals surface area contributed by atoms with Crippen molar-refractivity contribution in [2.45, 2.75) is 30.9 Å². The minimum atomic E-state index is -0.978. The number of nitrogens with two attached hydrogens (primary N) is 1. The first-order valence-corrected chi connectivity index (χ1v) is 4.69. The minimum absolute atomic E-state index is 0.00303. The van der Waals surface area contributed by atoms with Gasteiger partial charge in [-0.2, -0.15) is 0 Å². The molecule has 0 bridgehead atoms. The summed E-state index contributed by atoms with van der Waals surface area (Å²) in [4.78, 5) is 3.72. The van der Waals surface area contributed by atoms with Crippen molar-refractivity contribution in [1.82, 2.24) is 4.98 Å². The predicted molar refractivity (Wildman–Crippen MR) is 49.9 cm³/mol. The summed E-state index contributed by atoms with van der Waals surface area (Å²) in [6.45, 7) is 0. The molecule has 14 heavy (non-hydrogen) atoms. The number of pyridine rings is 1. The maximum Gasteiger partial charge on any atom is 0.141 e. The van der Waals surface area contributed by atoms with Crippen LogP contribution in [-0.2, 0) is 5.60 Å². The van der Waals surface area contributed by atoms with Gasteiger partial charge in [0.25, 0.3) is 0 Å². The molecule has 1 aliphatic carbocycles. The Morgan fingerprint density at radius 3 is 2.93 bits per heavy atom. The highest BCUT2D eigenvalue weighted by Crippen LogP contribution is 2.37. The van der Waals surface area contributed by atoms with Gasteiger partial charge in [-0.15, -0.1) is 0 Å². The second-order valence-corrected chi connectivity index (χ2v) is 3.93. The summed E-state index contributed by atoms with van der Waals surface area (Å²) in [6.07, 6.45) is 4.47. The molecule has 1 aromatic rings. The van der Waals surface area contributed by atoms with Crippen molar-refractivity contribution in [3.05, 3.63) is 29.8 Å². The number of halogens is 1. The van der Waals surface area contributed by atoms with Crippen LogP contribution in [0.25, 0.3) is 0 Å². The van der Waals surface area contributed by atoms with Gasteiger partial charge in [0.05, 0.1) is 11.8 Å². The van der Waals surface area contributed by atoms with Crippen LogP contribution in [0.3, 0.4) is 0 Å². The van der Waals surface area contributed by atoms with Gasteiger partial charge in [-0.1, -0.05) is 0 Å². The maximum atomic E-state index is 12.9. The molecule has 0 aromatic carbocycles. The van der Waals surface area contributed by atoms with Crippen molar-refractivity contribution < 1.29 is 9.50 Å². The minimum Gasteiger partial charge on any atom is -0.385 e. The Bertz CT molecular complexity index is 345. The van der Waals surface area contributed by atoms with E-state index in [2.05, 4.69) is 4.98 Å². The van der Waals surface area contributed by atoms with Crippen molar-refractivity contribution in [1.29, 1.82) is 0 Å². The monoisotopic (exact) mass is 196 g/mol. The van der Waals surface area contributed by atoms with E-state index < -0.39 is 11.4 Å². The van der Waals surface area contributed by atoms with Crippen molar-refractivity contribution in [3.63, 3.8) is 0 Å². The summed E-state index contributed by atoms with van der Waals surface area (Å²) >= 11 is 0. The van der Waals surface area contributed by atoms with E-state index in [0.29, 0.717) is 18.4 Å². The maximum absolute atomic E-state index is 12.9. The summed E-state index contributed by atoms with van der Waals surface area (Å²) in [6, 6.07) is 1.33. The van der Waals surface area contributed by atoms with Crippen molar-refractivity contribution >= 4 is 0 Å². The molecule has 0 saturated heterocycles. The average Bonchev–Trinajstić information content (AvgIpc) is 2.48. The normalized spacial score (nSPS) is 32.1. The van der Waals surface area contributed by atoms with Crippen molar-refractivity contribution in [2.75, 3.05) is 0 Å². The van der Waals surface area contributed by atoms with Gasteiger partial charge in [-0.05, 0) is 25.3 Å². The van der Waals surface area contributed by atoms with Crippen LogP contribution in [0.1, 0.15) is 24.8 Å². The van der Waals surface area contributed by atoms with E-state index in [1.165, 1.54) is 12.3 Å². The van der Waals surface area contributed by atoms with E-state index in [0.717, 1.165) is 12.6 Å². The first kappa shape index (κ1) is 9.55. The Morgan fingerprint density at radius 2 is 2.36 bits per heavy atom. The molecule has 3 N–H and O–H groups in total. The van der Waals surface area contributed by atoms with Crippen LogP contribution in [0, 0.1) is 5.82 Å². The third-order valence-corrected chi connectivity index (χ3v) is 2.77. The molecule has 1 aliphatic rings. The van der Waals surface area contributed by atoms with Crippen LogP contribution in [0.15, 0.2) is 18.5 Å². The Balaban J connectivity index is 2.30. The molecule has 0 radical (unpaired) electrons. The summed E-state index contributed by atoms with van der Waals surface area (Å²) in [5, 5.41) is 10.2. The van der Waals surface area contributed by atoms with Crippen LogP contribution in [0.2, 0.25) is 0 Å². The smallest absolute Gasteiger partial charge is 0.141 e. The summed E-state index contributed by atoms with van der Waals surface area (Å²) in [5.74, 6) is -0.420. The first-order valence-electron chi connectivity index (χ1n) is 4.69. The zero-order valence-electron chi connectivity index (χ0n) is 7.78. The molecule has 2 unspecified atom stereocenters. The van der Waals surface area contributed by atoms with Crippen LogP contribution in [0.5, 0.6) is 0 Å². The molecular weight excluding hydrogens is 183 g/mol. The van der Waals surface area contributed by atoms with Gasteiger partial charge >= 0.3 is 0 Å². The van der Waals surface area contributed by atoms with Crippen molar-refractivity contribution in [3.8, 4) is 0 Å². The molecule has 1 aromatic heterocycles. The zero-order chi connectivity index (χ0) is 10.2. The molecule has 76 valence electrons. The molecule has 2 atom stereocenters. The molecule has 1 saturated carbocycles. The average molecular weight is 196 g/mol. The lowest BCUT2D eigenvalue weighted by Gasteiger charge is -2.22. The van der Waals surface area contributed by atoms with Crippen LogP contribution >= 0.6 is 0 Å². The van der Waals surface area contributed by atoms with E-state index >= 15 is 0 Å². The quantitative estimate of drug-likeness (QED) is 0.702. The second kappa shape index (κ2) is 3.29.